The van der Waals surface area contributed by atoms with Gasteiger partial charge in [0, 0.05) is 22.0 Å². The molecule has 1 heterocycles. The number of aromatic nitrogens is 2. The third-order valence-corrected chi connectivity index (χ3v) is 4.06. The highest BCUT2D eigenvalue weighted by molar-refractivity contribution is 9.11. The van der Waals surface area contributed by atoms with Crippen molar-refractivity contribution in [3.8, 4) is 0 Å². The smallest absolute Gasteiger partial charge is 0.308 e. The largest absolute Gasteiger partial charge is 0.349 e. The highest BCUT2D eigenvalue weighted by Crippen LogP contribution is 2.20. The van der Waals surface area contributed by atoms with Crippen molar-refractivity contribution in [1.82, 2.24) is 9.55 Å². The van der Waals surface area contributed by atoms with Gasteiger partial charge in [0.05, 0.1) is 5.52 Å². The van der Waals surface area contributed by atoms with Crippen molar-refractivity contribution in [2.75, 3.05) is 5.32 Å². The fourth-order valence-corrected chi connectivity index (χ4v) is 2.29. The van der Waals surface area contributed by atoms with Crippen molar-refractivity contribution < 1.29 is 4.79 Å². The van der Waals surface area contributed by atoms with Crippen LogP contribution < -0.4 is 11.0 Å². The van der Waals surface area contributed by atoms with Gasteiger partial charge in [0.1, 0.15) is 5.82 Å². The molecule has 5 nitrogen and oxygen atoms in total. The van der Waals surface area contributed by atoms with Crippen LogP contribution in [0.2, 0.25) is 0 Å². The second-order valence-electron chi connectivity index (χ2n) is 5.06. The molecule has 0 bridgehead atoms. The zero-order valence-electron chi connectivity index (χ0n) is 13.5. The number of carbonyl (C=O) groups is 1. The van der Waals surface area contributed by atoms with Crippen molar-refractivity contribution in [3.05, 3.63) is 69.6 Å². The summed E-state index contributed by atoms with van der Waals surface area (Å²) < 4.78 is 2.22. The molecule has 0 aliphatic heterocycles. The summed E-state index contributed by atoms with van der Waals surface area (Å²) in [6, 6.07) is 7.23. The van der Waals surface area contributed by atoms with E-state index in [1.165, 1.54) is 4.57 Å². The Morgan fingerprint density at radius 1 is 1.38 bits per heavy atom. The number of nitrogens with zero attached hydrogens (tertiary/aromatic N) is 2. The number of allylic oxidation sites excluding steroid dienone is 4. The number of benzene rings is 1. The number of anilines is 1. The first-order chi connectivity index (χ1) is 11.5. The summed E-state index contributed by atoms with van der Waals surface area (Å²) in [7, 11) is 0. The first-order valence-corrected chi connectivity index (χ1v) is 8.24. The standard InChI is InChI=1S/C18H18BrN3O2/c1-4-13(19)11-10-12(3)17(23)21-16-14-8-6-7-9-15(14)20-18(24)22(16)5-2/h4,6-11H,1,5H2,2-3H3,(H,21,23)/b12-10+,13-11+. The lowest BCUT2D eigenvalue weighted by Crippen LogP contribution is -2.27. The van der Waals surface area contributed by atoms with Crippen molar-refractivity contribution in [2.24, 2.45) is 0 Å². The maximum absolute atomic E-state index is 12.5. The normalized spacial score (nSPS) is 12.3. The van der Waals surface area contributed by atoms with Gasteiger partial charge in [-0.1, -0.05) is 46.8 Å². The molecule has 0 saturated heterocycles. The van der Waals surface area contributed by atoms with Crippen molar-refractivity contribution in [1.29, 1.82) is 0 Å². The molecule has 2 aromatic rings. The zero-order chi connectivity index (χ0) is 17.7. The Morgan fingerprint density at radius 3 is 2.75 bits per heavy atom. The van der Waals surface area contributed by atoms with Gasteiger partial charge < -0.3 is 5.32 Å². The van der Waals surface area contributed by atoms with Gasteiger partial charge in [-0.2, -0.15) is 4.98 Å². The van der Waals surface area contributed by atoms with Gasteiger partial charge in [-0.15, -0.1) is 0 Å². The Kier molecular flexibility index (Phi) is 5.87. The van der Waals surface area contributed by atoms with Gasteiger partial charge in [0.15, 0.2) is 0 Å². The van der Waals surface area contributed by atoms with E-state index in [-0.39, 0.29) is 11.6 Å². The minimum Gasteiger partial charge on any atom is -0.308 e. The van der Waals surface area contributed by atoms with Crippen LogP contribution in [0.25, 0.3) is 10.9 Å². The lowest BCUT2D eigenvalue weighted by molar-refractivity contribution is -0.112. The number of halogens is 1. The third-order valence-electron chi connectivity index (χ3n) is 3.47. The van der Waals surface area contributed by atoms with Crippen LogP contribution in [0.15, 0.2) is 63.9 Å². The van der Waals surface area contributed by atoms with Gasteiger partial charge in [0.25, 0.3) is 5.91 Å². The second kappa shape index (κ2) is 7.88. The summed E-state index contributed by atoms with van der Waals surface area (Å²) in [4.78, 5) is 28.6. The van der Waals surface area contributed by atoms with E-state index in [1.54, 1.807) is 37.3 Å². The van der Waals surface area contributed by atoms with Gasteiger partial charge in [-0.3, -0.25) is 9.36 Å². The first kappa shape index (κ1) is 17.9. The molecule has 2 rings (SSSR count). The minimum atomic E-state index is -0.387. The molecule has 124 valence electrons. The quantitative estimate of drug-likeness (QED) is 0.627. The molecule has 24 heavy (non-hydrogen) atoms. The van der Waals surface area contributed by atoms with Crippen LogP contribution in [0.1, 0.15) is 13.8 Å². The molecule has 0 aliphatic rings. The predicted octanol–water partition coefficient (Wildman–Crippen LogP) is 3.77. The highest BCUT2D eigenvalue weighted by atomic mass is 79.9. The van der Waals surface area contributed by atoms with E-state index in [4.69, 9.17) is 0 Å². The summed E-state index contributed by atoms with van der Waals surface area (Å²) in [6.45, 7) is 7.58. The predicted molar refractivity (Wildman–Crippen MR) is 101 cm³/mol. The summed E-state index contributed by atoms with van der Waals surface area (Å²) >= 11 is 3.30. The third kappa shape index (κ3) is 3.89. The van der Waals surface area contributed by atoms with Crippen LogP contribution in [0.3, 0.4) is 0 Å². The SMILES string of the molecule is C=C/C(Br)=C\C=C(/C)C(=O)Nc1c2ccccc2nc(=O)n1CC. The summed E-state index contributed by atoms with van der Waals surface area (Å²) in [5.41, 5.74) is 0.672. The second-order valence-corrected chi connectivity index (χ2v) is 5.98. The van der Waals surface area contributed by atoms with Gasteiger partial charge in [-0.05, 0) is 32.1 Å². The molecule has 0 unspecified atom stereocenters. The van der Waals surface area contributed by atoms with Crippen LogP contribution in [0.5, 0.6) is 0 Å². The van der Waals surface area contributed by atoms with E-state index in [9.17, 15) is 9.59 Å². The van der Waals surface area contributed by atoms with E-state index in [2.05, 4.69) is 32.8 Å². The Hall–Kier alpha value is -2.47. The van der Waals surface area contributed by atoms with Crippen molar-refractivity contribution >= 4 is 38.6 Å². The van der Waals surface area contributed by atoms with E-state index in [0.29, 0.717) is 23.5 Å². The molecule has 0 aliphatic carbocycles. The number of carbonyl (C=O) groups excluding carboxylic acids is 1. The lowest BCUT2D eigenvalue weighted by Gasteiger charge is -2.14. The number of para-hydroxylation sites is 1. The fraction of sp³-hybridized carbons (Fsp3) is 0.167. The Bertz CT molecular complexity index is 910. The molecule has 0 saturated carbocycles. The summed E-state index contributed by atoms with van der Waals surface area (Å²) in [6.07, 6.45) is 5.05. The monoisotopic (exact) mass is 387 g/mol. The molecule has 1 N–H and O–H groups in total. The number of hydrogen-bond donors (Lipinski definition) is 1. The molecule has 0 radical (unpaired) electrons. The fourth-order valence-electron chi connectivity index (χ4n) is 2.16. The Labute approximate surface area is 148 Å². The number of rotatable bonds is 5. The van der Waals surface area contributed by atoms with Gasteiger partial charge in [0.2, 0.25) is 0 Å². The van der Waals surface area contributed by atoms with Crippen LogP contribution in [-0.4, -0.2) is 15.5 Å². The Morgan fingerprint density at radius 2 is 2.08 bits per heavy atom. The van der Waals surface area contributed by atoms with E-state index in [0.717, 1.165) is 9.87 Å². The van der Waals surface area contributed by atoms with Crippen LogP contribution in [0.4, 0.5) is 5.82 Å². The summed E-state index contributed by atoms with van der Waals surface area (Å²) in [5.74, 6) is 0.172. The Balaban J connectivity index is 2.47. The van der Waals surface area contributed by atoms with Crippen LogP contribution in [0, 0.1) is 0 Å². The maximum Gasteiger partial charge on any atom is 0.349 e. The van der Waals surface area contributed by atoms with Crippen LogP contribution >= 0.6 is 15.9 Å². The maximum atomic E-state index is 12.5. The van der Waals surface area contributed by atoms with Crippen molar-refractivity contribution in [3.63, 3.8) is 0 Å². The van der Waals surface area contributed by atoms with Crippen molar-refractivity contribution in [2.45, 2.75) is 20.4 Å². The average Bonchev–Trinajstić information content (AvgIpc) is 2.59. The van der Waals surface area contributed by atoms with Gasteiger partial charge >= 0.3 is 5.69 Å². The average molecular weight is 388 g/mol. The zero-order valence-corrected chi connectivity index (χ0v) is 15.1. The van der Waals surface area contributed by atoms with Crippen LogP contribution in [-0.2, 0) is 11.3 Å². The lowest BCUT2D eigenvalue weighted by atomic mass is 10.2. The van der Waals surface area contributed by atoms with E-state index >= 15 is 0 Å². The first-order valence-electron chi connectivity index (χ1n) is 7.45. The molecule has 1 amide bonds. The minimum absolute atomic E-state index is 0.284. The molecular formula is C18H18BrN3O2. The number of fused-ring (bicyclic) bond motifs is 1. The molecule has 1 aromatic heterocycles. The molecule has 1 aromatic carbocycles. The number of hydrogen-bond acceptors (Lipinski definition) is 3. The summed E-state index contributed by atoms with van der Waals surface area (Å²) in [5, 5.41) is 3.56. The molecule has 0 spiro atoms. The molecule has 0 fully saturated rings. The van der Waals surface area contributed by atoms with E-state index < -0.39 is 0 Å². The highest BCUT2D eigenvalue weighted by Gasteiger charge is 2.13. The van der Waals surface area contributed by atoms with E-state index in [1.807, 2.05) is 19.1 Å². The number of nitrogens with one attached hydrogen (secondary N) is 1. The van der Waals surface area contributed by atoms with Gasteiger partial charge in [-0.25, -0.2) is 4.79 Å². The topological polar surface area (TPSA) is 64.0 Å². The molecule has 0 atom stereocenters. The number of amides is 1. The molecule has 6 heteroatoms. The molecular weight excluding hydrogens is 370 g/mol.